The lowest BCUT2D eigenvalue weighted by atomic mass is 9.99. The fourth-order valence-electron chi connectivity index (χ4n) is 5.62. The molecule has 4 atom stereocenters. The Morgan fingerprint density at radius 1 is 0.700 bits per heavy atom. The highest BCUT2D eigenvalue weighted by Gasteiger charge is 2.36. The second-order valence-corrected chi connectivity index (χ2v) is 15.1. The summed E-state index contributed by atoms with van der Waals surface area (Å²) in [5, 5.41) is 0. The molecule has 50 heavy (non-hydrogen) atoms. The van der Waals surface area contributed by atoms with Gasteiger partial charge in [-0.05, 0) is 57.3 Å². The molecule has 1 saturated heterocycles. The molecular weight excluding hydrogens is 655 g/mol. The van der Waals surface area contributed by atoms with Crippen molar-refractivity contribution < 1.29 is 42.7 Å². The molecule has 2 N–H and O–H groups in total. The Labute approximate surface area is 304 Å². The Bertz CT molecular complexity index is 989. The van der Waals surface area contributed by atoms with Crippen LogP contribution >= 0.6 is 7.82 Å². The fraction of sp³-hybridized carbons (Fsp3) is 0.800. The van der Waals surface area contributed by atoms with Crippen LogP contribution in [0.15, 0.2) is 36.5 Å². The average Bonchev–Trinajstić information content (AvgIpc) is 3.84. The van der Waals surface area contributed by atoms with Gasteiger partial charge in [-0.15, -0.1) is 0 Å². The molecular formula is C40H71O9P. The summed E-state index contributed by atoms with van der Waals surface area (Å²) in [6.07, 6.45) is 36.1. The number of unbranched alkanes of at least 4 members (excludes halogenated alkanes) is 13. The van der Waals surface area contributed by atoms with Crippen molar-refractivity contribution in [2.45, 2.75) is 187 Å². The molecule has 1 aliphatic rings. The third-order valence-corrected chi connectivity index (χ3v) is 9.59. The van der Waals surface area contributed by atoms with Crippen LogP contribution in [0.25, 0.3) is 0 Å². The van der Waals surface area contributed by atoms with E-state index in [1.54, 1.807) is 0 Å². The van der Waals surface area contributed by atoms with Crippen LogP contribution in [-0.2, 0) is 32.9 Å². The van der Waals surface area contributed by atoms with Gasteiger partial charge in [0.2, 0.25) is 0 Å². The largest absolute Gasteiger partial charge is 0.469 e. The Morgan fingerprint density at radius 2 is 1.26 bits per heavy atom. The number of allylic oxidation sites excluding steroid dienone is 4. The van der Waals surface area contributed by atoms with E-state index in [-0.39, 0.29) is 19.4 Å². The third-order valence-electron chi connectivity index (χ3n) is 9.10. The number of epoxide rings is 1. The molecule has 3 unspecified atom stereocenters. The van der Waals surface area contributed by atoms with Crippen molar-refractivity contribution in [1.82, 2.24) is 0 Å². The second kappa shape index (κ2) is 30.8. The standard InChI is InChI=1S/C40H71O9P/c1-4-6-7-8-19-24-29-37-38(49-37)30-25-20-15-13-17-21-26-31-39(41)46-33-36(34-47-50(43,44)45)48-40(42)32-27-22-16-12-10-9-11-14-18-23-28-35(3)5-2/h13,17,19-20,24-25,35-38H,4-12,14-16,18,21-23,26-34H2,1-3H3,(H2,43,44,45)/b17-13-,24-19-,25-20-/t35?,36-,37?,38?/m1/s1. The summed E-state index contributed by atoms with van der Waals surface area (Å²) in [6, 6.07) is 0. The Morgan fingerprint density at radius 3 is 1.90 bits per heavy atom. The number of hydrogen-bond acceptors (Lipinski definition) is 7. The molecule has 0 amide bonds. The molecule has 0 radical (unpaired) electrons. The quantitative estimate of drug-likeness (QED) is 0.0219. The summed E-state index contributed by atoms with van der Waals surface area (Å²) in [7, 11) is -4.77. The van der Waals surface area contributed by atoms with Crippen molar-refractivity contribution in [2.75, 3.05) is 13.2 Å². The van der Waals surface area contributed by atoms with E-state index in [0.717, 1.165) is 57.3 Å². The van der Waals surface area contributed by atoms with Crippen molar-refractivity contribution in [3.63, 3.8) is 0 Å². The maximum atomic E-state index is 12.4. The summed E-state index contributed by atoms with van der Waals surface area (Å²) in [4.78, 5) is 42.8. The molecule has 0 bridgehead atoms. The first-order valence-corrected chi connectivity index (χ1v) is 21.3. The van der Waals surface area contributed by atoms with E-state index >= 15 is 0 Å². The van der Waals surface area contributed by atoms with Gasteiger partial charge in [0.25, 0.3) is 0 Å². The first kappa shape index (κ1) is 46.3. The summed E-state index contributed by atoms with van der Waals surface area (Å²) in [6.45, 7) is 5.93. The van der Waals surface area contributed by atoms with Gasteiger partial charge in [-0.2, -0.15) is 0 Å². The van der Waals surface area contributed by atoms with E-state index in [0.29, 0.717) is 25.0 Å². The molecule has 0 aromatic heterocycles. The highest BCUT2D eigenvalue weighted by atomic mass is 31.2. The molecule has 0 aromatic rings. The van der Waals surface area contributed by atoms with Gasteiger partial charge in [-0.3, -0.25) is 14.1 Å². The summed E-state index contributed by atoms with van der Waals surface area (Å²) < 4.78 is 32.0. The molecule has 1 aliphatic heterocycles. The molecule has 0 aliphatic carbocycles. The molecule has 0 aromatic carbocycles. The van der Waals surface area contributed by atoms with E-state index in [4.69, 9.17) is 24.0 Å². The van der Waals surface area contributed by atoms with Crippen LogP contribution < -0.4 is 0 Å². The van der Waals surface area contributed by atoms with Gasteiger partial charge < -0.3 is 24.0 Å². The zero-order valence-corrected chi connectivity index (χ0v) is 32.5. The topological polar surface area (TPSA) is 132 Å². The Balaban J connectivity index is 2.13. The molecule has 1 heterocycles. The third kappa shape index (κ3) is 29.9. The fourth-order valence-corrected chi connectivity index (χ4v) is 5.98. The van der Waals surface area contributed by atoms with Crippen LogP contribution in [0.2, 0.25) is 0 Å². The van der Waals surface area contributed by atoms with Crippen LogP contribution in [0.1, 0.15) is 168 Å². The number of esters is 2. The van der Waals surface area contributed by atoms with Crippen LogP contribution in [-0.4, -0.2) is 53.3 Å². The van der Waals surface area contributed by atoms with E-state index in [1.807, 2.05) is 6.08 Å². The van der Waals surface area contributed by atoms with Crippen LogP contribution in [0, 0.1) is 5.92 Å². The number of hydrogen-bond donors (Lipinski definition) is 2. The van der Waals surface area contributed by atoms with E-state index in [1.165, 1.54) is 70.6 Å². The highest BCUT2D eigenvalue weighted by molar-refractivity contribution is 7.46. The minimum atomic E-state index is -4.77. The predicted molar refractivity (Wildman–Crippen MR) is 202 cm³/mol. The second-order valence-electron chi connectivity index (χ2n) is 13.9. The maximum Gasteiger partial charge on any atom is 0.469 e. The lowest BCUT2D eigenvalue weighted by Gasteiger charge is -2.18. The van der Waals surface area contributed by atoms with Crippen LogP contribution in [0.5, 0.6) is 0 Å². The number of phosphoric ester groups is 1. The van der Waals surface area contributed by atoms with Gasteiger partial charge in [0, 0.05) is 12.8 Å². The maximum absolute atomic E-state index is 12.4. The Hall–Kier alpha value is -1.77. The molecule has 290 valence electrons. The summed E-state index contributed by atoms with van der Waals surface area (Å²) in [5.74, 6) is -0.113. The van der Waals surface area contributed by atoms with Crippen molar-refractivity contribution in [3.8, 4) is 0 Å². The summed E-state index contributed by atoms with van der Waals surface area (Å²) in [5.41, 5.74) is 0. The van der Waals surface area contributed by atoms with E-state index in [9.17, 15) is 14.2 Å². The molecule has 0 spiro atoms. The SMILES string of the molecule is CCCCC/C=C\CC1OC1C/C=C\C/C=C\CCCC(=O)OC[C@H](COP(=O)(O)O)OC(=O)CCCCCCCCCCCCC(C)CC. The molecule has 10 heteroatoms. The van der Waals surface area contributed by atoms with Gasteiger partial charge in [-0.1, -0.05) is 141 Å². The van der Waals surface area contributed by atoms with Gasteiger partial charge >= 0.3 is 19.8 Å². The number of carbonyl (C=O) groups is 2. The van der Waals surface area contributed by atoms with Gasteiger partial charge in [0.05, 0.1) is 18.8 Å². The number of carbonyl (C=O) groups excluding carboxylic acids is 2. The number of rotatable bonds is 34. The molecule has 1 fully saturated rings. The highest BCUT2D eigenvalue weighted by Crippen LogP contribution is 2.36. The van der Waals surface area contributed by atoms with Crippen LogP contribution in [0.3, 0.4) is 0 Å². The predicted octanol–water partition coefficient (Wildman–Crippen LogP) is 10.6. The first-order valence-electron chi connectivity index (χ1n) is 19.8. The van der Waals surface area contributed by atoms with Crippen molar-refractivity contribution in [1.29, 1.82) is 0 Å². The van der Waals surface area contributed by atoms with E-state index < -0.39 is 32.5 Å². The zero-order chi connectivity index (χ0) is 36.7. The molecule has 0 saturated carbocycles. The lowest BCUT2D eigenvalue weighted by Crippen LogP contribution is -2.29. The summed E-state index contributed by atoms with van der Waals surface area (Å²) >= 11 is 0. The smallest absolute Gasteiger partial charge is 0.462 e. The lowest BCUT2D eigenvalue weighted by molar-refractivity contribution is -0.161. The van der Waals surface area contributed by atoms with Crippen molar-refractivity contribution in [2.24, 2.45) is 5.92 Å². The van der Waals surface area contributed by atoms with Gasteiger partial charge in [0.15, 0.2) is 6.10 Å². The number of phosphoric acid groups is 1. The normalized spacial score (nSPS) is 17.5. The molecule has 9 nitrogen and oxygen atoms in total. The minimum absolute atomic E-state index is 0.186. The van der Waals surface area contributed by atoms with Crippen molar-refractivity contribution >= 4 is 19.8 Å². The van der Waals surface area contributed by atoms with Gasteiger partial charge in [-0.25, -0.2) is 4.57 Å². The minimum Gasteiger partial charge on any atom is -0.462 e. The van der Waals surface area contributed by atoms with Crippen molar-refractivity contribution in [3.05, 3.63) is 36.5 Å². The van der Waals surface area contributed by atoms with Crippen LogP contribution in [0.4, 0.5) is 0 Å². The average molecular weight is 727 g/mol. The van der Waals surface area contributed by atoms with Gasteiger partial charge in [0.1, 0.15) is 6.61 Å². The monoisotopic (exact) mass is 726 g/mol. The molecule has 1 rings (SSSR count). The zero-order valence-electron chi connectivity index (χ0n) is 31.7. The van der Waals surface area contributed by atoms with E-state index in [2.05, 4.69) is 55.7 Å². The first-order chi connectivity index (χ1) is 24.1. The Kier molecular flexibility index (Phi) is 28.5. The number of ether oxygens (including phenoxy) is 3.